The standard InChI is InChI=1S/C8H14ClNO4/c1-3-14-7(11)4-5-10(6-9)8(12)13-2/h3-6H2,1-2H3. The molecule has 0 atom stereocenters. The fourth-order valence-corrected chi connectivity index (χ4v) is 1.01. The summed E-state index contributed by atoms with van der Waals surface area (Å²) in [5, 5.41) is 0. The number of alkyl halides is 1. The van der Waals surface area contributed by atoms with Crippen LogP contribution in [-0.4, -0.2) is 43.2 Å². The maximum atomic E-state index is 11.0. The number of hydrogen-bond donors (Lipinski definition) is 0. The van der Waals surface area contributed by atoms with Crippen molar-refractivity contribution in [2.75, 3.05) is 26.3 Å². The number of esters is 1. The second-order valence-electron chi connectivity index (χ2n) is 2.41. The number of amides is 1. The highest BCUT2D eigenvalue weighted by molar-refractivity contribution is 6.18. The van der Waals surface area contributed by atoms with Gasteiger partial charge in [0.15, 0.2) is 0 Å². The molecule has 0 aromatic rings. The van der Waals surface area contributed by atoms with Crippen molar-refractivity contribution in [3.8, 4) is 0 Å². The molecule has 0 saturated heterocycles. The van der Waals surface area contributed by atoms with Gasteiger partial charge in [-0.05, 0) is 6.92 Å². The van der Waals surface area contributed by atoms with Crippen molar-refractivity contribution in [1.29, 1.82) is 0 Å². The number of nitrogens with zero attached hydrogens (tertiary/aromatic N) is 1. The van der Waals surface area contributed by atoms with Gasteiger partial charge in [0.2, 0.25) is 0 Å². The Morgan fingerprint density at radius 1 is 1.43 bits per heavy atom. The van der Waals surface area contributed by atoms with E-state index in [-0.39, 0.29) is 24.9 Å². The molecule has 5 nitrogen and oxygen atoms in total. The number of hydrogen-bond acceptors (Lipinski definition) is 4. The van der Waals surface area contributed by atoms with Gasteiger partial charge in [-0.2, -0.15) is 0 Å². The van der Waals surface area contributed by atoms with E-state index in [1.165, 1.54) is 12.0 Å². The quantitative estimate of drug-likeness (QED) is 0.399. The second-order valence-corrected chi connectivity index (χ2v) is 2.65. The van der Waals surface area contributed by atoms with Crippen LogP contribution in [0.25, 0.3) is 0 Å². The Hall–Kier alpha value is -0.970. The minimum absolute atomic E-state index is 0.00786. The first-order valence-electron chi connectivity index (χ1n) is 4.20. The Morgan fingerprint density at radius 2 is 2.07 bits per heavy atom. The normalized spacial score (nSPS) is 9.36. The molecular weight excluding hydrogens is 210 g/mol. The minimum atomic E-state index is -0.552. The molecule has 0 bridgehead atoms. The average molecular weight is 224 g/mol. The SMILES string of the molecule is CCOC(=O)CCN(CCl)C(=O)OC. The van der Waals surface area contributed by atoms with Crippen LogP contribution >= 0.6 is 11.6 Å². The van der Waals surface area contributed by atoms with E-state index in [2.05, 4.69) is 9.47 Å². The van der Waals surface area contributed by atoms with Crippen LogP contribution in [0.3, 0.4) is 0 Å². The van der Waals surface area contributed by atoms with Crippen molar-refractivity contribution in [2.45, 2.75) is 13.3 Å². The largest absolute Gasteiger partial charge is 0.466 e. The van der Waals surface area contributed by atoms with Crippen molar-refractivity contribution in [3.05, 3.63) is 0 Å². The number of methoxy groups -OCH3 is 1. The van der Waals surface area contributed by atoms with Crippen molar-refractivity contribution in [3.63, 3.8) is 0 Å². The number of carbonyl (C=O) groups excluding carboxylic acids is 2. The molecule has 0 spiro atoms. The van der Waals surface area contributed by atoms with Crippen molar-refractivity contribution >= 4 is 23.7 Å². The number of ether oxygens (including phenoxy) is 2. The third kappa shape index (κ3) is 4.91. The van der Waals surface area contributed by atoms with E-state index in [9.17, 15) is 9.59 Å². The first-order chi connectivity index (χ1) is 6.65. The maximum absolute atomic E-state index is 11.0. The lowest BCUT2D eigenvalue weighted by molar-refractivity contribution is -0.143. The summed E-state index contributed by atoms with van der Waals surface area (Å²) in [4.78, 5) is 23.1. The van der Waals surface area contributed by atoms with Crippen LogP contribution in [0.1, 0.15) is 13.3 Å². The first kappa shape index (κ1) is 13.0. The van der Waals surface area contributed by atoms with Gasteiger partial charge in [0, 0.05) is 6.54 Å². The molecule has 14 heavy (non-hydrogen) atoms. The molecule has 0 N–H and O–H groups in total. The summed E-state index contributed by atoms with van der Waals surface area (Å²) in [5.41, 5.74) is 0. The molecule has 0 aromatic heterocycles. The summed E-state index contributed by atoms with van der Waals surface area (Å²) < 4.78 is 9.14. The van der Waals surface area contributed by atoms with E-state index in [1.807, 2.05) is 0 Å². The van der Waals surface area contributed by atoms with Crippen LogP contribution in [0, 0.1) is 0 Å². The molecule has 0 aliphatic rings. The van der Waals surface area contributed by atoms with E-state index < -0.39 is 6.09 Å². The fraction of sp³-hybridized carbons (Fsp3) is 0.750. The summed E-state index contributed by atoms with van der Waals surface area (Å²) in [5.74, 6) is -0.355. The molecule has 82 valence electrons. The molecule has 0 rings (SSSR count). The fourth-order valence-electron chi connectivity index (χ4n) is 0.788. The second kappa shape index (κ2) is 7.44. The van der Waals surface area contributed by atoms with Gasteiger partial charge in [0.1, 0.15) is 0 Å². The Morgan fingerprint density at radius 3 is 2.50 bits per heavy atom. The highest BCUT2D eigenvalue weighted by atomic mass is 35.5. The monoisotopic (exact) mass is 223 g/mol. The predicted octanol–water partition coefficient (Wildman–Crippen LogP) is 1.20. The Kier molecular flexibility index (Phi) is 6.92. The molecule has 0 radical (unpaired) electrons. The third-order valence-corrected chi connectivity index (χ3v) is 1.76. The van der Waals surface area contributed by atoms with E-state index in [4.69, 9.17) is 11.6 Å². The number of halogens is 1. The molecular formula is C8H14ClNO4. The molecule has 0 saturated carbocycles. The highest BCUT2D eigenvalue weighted by Crippen LogP contribution is 1.98. The van der Waals surface area contributed by atoms with Gasteiger partial charge in [0.05, 0.1) is 26.1 Å². The topological polar surface area (TPSA) is 55.8 Å². The van der Waals surface area contributed by atoms with Gasteiger partial charge in [-0.3, -0.25) is 9.69 Å². The van der Waals surface area contributed by atoms with Crippen molar-refractivity contribution in [1.82, 2.24) is 4.90 Å². The Balaban J connectivity index is 3.83. The summed E-state index contributed by atoms with van der Waals surface area (Å²) in [6, 6.07) is -0.00786. The first-order valence-corrected chi connectivity index (χ1v) is 4.73. The van der Waals surface area contributed by atoms with E-state index in [0.717, 1.165) is 0 Å². The summed E-state index contributed by atoms with van der Waals surface area (Å²) >= 11 is 5.47. The molecule has 6 heteroatoms. The molecule has 1 amide bonds. The van der Waals surface area contributed by atoms with Crippen LogP contribution < -0.4 is 0 Å². The highest BCUT2D eigenvalue weighted by Gasteiger charge is 2.13. The molecule has 0 aliphatic carbocycles. The van der Waals surface area contributed by atoms with Crippen LogP contribution in [-0.2, 0) is 14.3 Å². The van der Waals surface area contributed by atoms with Gasteiger partial charge in [-0.15, -0.1) is 11.6 Å². The molecule has 0 aromatic carbocycles. The Bertz CT molecular complexity index is 198. The van der Waals surface area contributed by atoms with Crippen molar-refractivity contribution < 1.29 is 19.1 Å². The zero-order valence-corrected chi connectivity index (χ0v) is 9.04. The molecule has 0 aliphatic heterocycles. The van der Waals surface area contributed by atoms with Crippen LogP contribution in [0.15, 0.2) is 0 Å². The zero-order chi connectivity index (χ0) is 11.0. The summed E-state index contributed by atoms with van der Waals surface area (Å²) in [6.07, 6.45) is -0.431. The van der Waals surface area contributed by atoms with Crippen LogP contribution in [0.5, 0.6) is 0 Å². The lowest BCUT2D eigenvalue weighted by Gasteiger charge is -2.16. The minimum Gasteiger partial charge on any atom is -0.466 e. The zero-order valence-electron chi connectivity index (χ0n) is 8.29. The van der Waals surface area contributed by atoms with Gasteiger partial charge in [0.25, 0.3) is 0 Å². The van der Waals surface area contributed by atoms with Crippen LogP contribution in [0.2, 0.25) is 0 Å². The molecule has 0 unspecified atom stereocenters. The van der Waals surface area contributed by atoms with E-state index >= 15 is 0 Å². The third-order valence-electron chi connectivity index (χ3n) is 1.47. The van der Waals surface area contributed by atoms with Gasteiger partial charge in [-0.1, -0.05) is 0 Å². The van der Waals surface area contributed by atoms with Gasteiger partial charge < -0.3 is 9.47 Å². The average Bonchev–Trinajstić information content (AvgIpc) is 2.18. The van der Waals surface area contributed by atoms with Gasteiger partial charge in [-0.25, -0.2) is 4.79 Å². The molecule has 0 fully saturated rings. The lowest BCUT2D eigenvalue weighted by Crippen LogP contribution is -2.32. The van der Waals surface area contributed by atoms with Crippen molar-refractivity contribution in [2.24, 2.45) is 0 Å². The van der Waals surface area contributed by atoms with E-state index in [1.54, 1.807) is 6.92 Å². The Labute approximate surface area is 87.9 Å². The van der Waals surface area contributed by atoms with E-state index in [0.29, 0.717) is 6.61 Å². The summed E-state index contributed by atoms with van der Waals surface area (Å²) in [7, 11) is 1.26. The van der Waals surface area contributed by atoms with Gasteiger partial charge >= 0.3 is 12.1 Å². The maximum Gasteiger partial charge on any atom is 0.410 e. The molecule has 0 heterocycles. The number of carbonyl (C=O) groups is 2. The van der Waals surface area contributed by atoms with Crippen LogP contribution in [0.4, 0.5) is 4.79 Å². The smallest absolute Gasteiger partial charge is 0.410 e. The lowest BCUT2D eigenvalue weighted by atomic mass is 10.4. The number of rotatable bonds is 5. The predicted molar refractivity (Wildman–Crippen MR) is 51.1 cm³/mol. The summed E-state index contributed by atoms with van der Waals surface area (Å²) in [6.45, 7) is 2.25.